The summed E-state index contributed by atoms with van der Waals surface area (Å²) in [5.74, 6) is 0.121. The summed E-state index contributed by atoms with van der Waals surface area (Å²) >= 11 is 0. The van der Waals surface area contributed by atoms with Crippen LogP contribution in [0.2, 0.25) is 0 Å². The number of H-pyrrole nitrogens is 1. The van der Waals surface area contributed by atoms with Crippen LogP contribution in [0.1, 0.15) is 36.3 Å². The normalized spacial score (nSPS) is 25.5. The van der Waals surface area contributed by atoms with E-state index in [9.17, 15) is 5.26 Å². The average molecular weight is 347 g/mol. The number of aromatic nitrogens is 4. The summed E-state index contributed by atoms with van der Waals surface area (Å²) in [4.78, 5) is 4.78. The van der Waals surface area contributed by atoms with Gasteiger partial charge in [-0.3, -0.25) is 5.10 Å². The number of nitriles is 1. The fourth-order valence-electron chi connectivity index (χ4n) is 4.12. The van der Waals surface area contributed by atoms with Gasteiger partial charge in [0, 0.05) is 17.5 Å². The molecule has 0 saturated carbocycles. The van der Waals surface area contributed by atoms with Gasteiger partial charge in [0.2, 0.25) is 0 Å². The van der Waals surface area contributed by atoms with Crippen LogP contribution in [-0.4, -0.2) is 38.8 Å². The van der Waals surface area contributed by atoms with Crippen LogP contribution in [-0.2, 0) is 0 Å². The van der Waals surface area contributed by atoms with Crippen molar-refractivity contribution in [3.05, 3.63) is 35.5 Å². The first kappa shape index (κ1) is 15.2. The molecule has 0 bridgehead atoms. The second-order valence-corrected chi connectivity index (χ2v) is 6.78. The van der Waals surface area contributed by atoms with Gasteiger partial charge in [0.05, 0.1) is 23.9 Å². The number of aliphatic imine (C=N–C) groups is 1. The van der Waals surface area contributed by atoms with Crippen molar-refractivity contribution in [3.8, 4) is 6.07 Å². The lowest BCUT2D eigenvalue weighted by Crippen LogP contribution is -2.45. The van der Waals surface area contributed by atoms with E-state index in [1.807, 2.05) is 18.2 Å². The Morgan fingerprint density at radius 2 is 2.15 bits per heavy atom. The molecule has 1 aromatic carbocycles. The zero-order valence-corrected chi connectivity index (χ0v) is 14.0. The standard InChI is InChI=1S/C18H17N7O/c19-8-11-15(10-4-3-6-14-17(10)25-26-24-14)12-9-21-23-18(12)22-16(11)13-5-1-2-7-20-13/h3-4,6,9,11,13,15,20H,1-2,5,7H2,(H,21,23). The van der Waals surface area contributed by atoms with Crippen molar-refractivity contribution < 1.29 is 4.63 Å². The molecule has 3 aromatic rings. The molecule has 0 aliphatic carbocycles. The molecule has 5 rings (SSSR count). The van der Waals surface area contributed by atoms with E-state index < -0.39 is 5.92 Å². The highest BCUT2D eigenvalue weighted by Gasteiger charge is 2.40. The average Bonchev–Trinajstić information content (AvgIpc) is 3.36. The molecule has 26 heavy (non-hydrogen) atoms. The van der Waals surface area contributed by atoms with Crippen LogP contribution in [0.4, 0.5) is 5.82 Å². The van der Waals surface area contributed by atoms with Crippen LogP contribution in [0.5, 0.6) is 0 Å². The third-order valence-corrected chi connectivity index (χ3v) is 5.33. The highest BCUT2D eigenvalue weighted by Crippen LogP contribution is 2.43. The van der Waals surface area contributed by atoms with Gasteiger partial charge >= 0.3 is 0 Å². The molecule has 2 aromatic heterocycles. The van der Waals surface area contributed by atoms with Crippen molar-refractivity contribution in [2.45, 2.75) is 31.2 Å². The summed E-state index contributed by atoms with van der Waals surface area (Å²) in [6.45, 7) is 0.950. The fraction of sp³-hybridized carbons (Fsp3) is 0.389. The largest absolute Gasteiger partial charge is 0.309 e. The van der Waals surface area contributed by atoms with Crippen LogP contribution in [0.25, 0.3) is 11.0 Å². The quantitative estimate of drug-likeness (QED) is 0.735. The lowest BCUT2D eigenvalue weighted by Gasteiger charge is -2.33. The first-order valence-corrected chi connectivity index (χ1v) is 8.82. The van der Waals surface area contributed by atoms with Crippen LogP contribution < -0.4 is 5.32 Å². The molecule has 2 N–H and O–H groups in total. The first-order chi connectivity index (χ1) is 12.9. The number of rotatable bonds is 2. The van der Waals surface area contributed by atoms with Gasteiger partial charge in [0.1, 0.15) is 11.0 Å². The Morgan fingerprint density at radius 3 is 3.00 bits per heavy atom. The molecule has 1 fully saturated rings. The van der Waals surface area contributed by atoms with E-state index in [1.54, 1.807) is 6.20 Å². The van der Waals surface area contributed by atoms with Gasteiger partial charge in [0.15, 0.2) is 5.82 Å². The molecule has 2 aliphatic heterocycles. The molecule has 0 spiro atoms. The van der Waals surface area contributed by atoms with Crippen molar-refractivity contribution in [1.82, 2.24) is 25.8 Å². The fourth-order valence-corrected chi connectivity index (χ4v) is 4.12. The highest BCUT2D eigenvalue weighted by molar-refractivity contribution is 5.99. The summed E-state index contributed by atoms with van der Waals surface area (Å²) in [7, 11) is 0. The van der Waals surface area contributed by atoms with Gasteiger partial charge in [-0.15, -0.1) is 0 Å². The van der Waals surface area contributed by atoms with Crippen LogP contribution in [0, 0.1) is 17.2 Å². The predicted octanol–water partition coefficient (Wildman–Crippen LogP) is 2.45. The molecule has 0 radical (unpaired) electrons. The molecule has 4 heterocycles. The number of piperidine rings is 1. The number of hydrogen-bond acceptors (Lipinski definition) is 7. The molecule has 130 valence electrons. The molecule has 3 unspecified atom stereocenters. The minimum atomic E-state index is -0.391. The Hall–Kier alpha value is -3.05. The predicted molar refractivity (Wildman–Crippen MR) is 94.1 cm³/mol. The Morgan fingerprint density at radius 1 is 1.19 bits per heavy atom. The van der Waals surface area contributed by atoms with E-state index in [4.69, 9.17) is 9.62 Å². The van der Waals surface area contributed by atoms with E-state index in [2.05, 4.69) is 31.9 Å². The third-order valence-electron chi connectivity index (χ3n) is 5.33. The van der Waals surface area contributed by atoms with E-state index in [0.717, 1.165) is 48.5 Å². The monoisotopic (exact) mass is 347 g/mol. The number of hydrogen-bond donors (Lipinski definition) is 2. The first-order valence-electron chi connectivity index (χ1n) is 8.82. The Balaban J connectivity index is 1.68. The minimum absolute atomic E-state index is 0.113. The zero-order valence-electron chi connectivity index (χ0n) is 14.0. The van der Waals surface area contributed by atoms with Gasteiger partial charge in [-0.2, -0.15) is 10.4 Å². The molecule has 3 atom stereocenters. The minimum Gasteiger partial charge on any atom is -0.309 e. The number of fused-ring (bicyclic) bond motifs is 2. The summed E-state index contributed by atoms with van der Waals surface area (Å²) < 4.78 is 4.93. The van der Waals surface area contributed by atoms with Gasteiger partial charge in [-0.25, -0.2) is 9.62 Å². The molecule has 8 nitrogen and oxygen atoms in total. The maximum Gasteiger partial charge on any atom is 0.151 e. The van der Waals surface area contributed by atoms with Crippen molar-refractivity contribution in [1.29, 1.82) is 5.26 Å². The van der Waals surface area contributed by atoms with Crippen LogP contribution >= 0.6 is 0 Å². The topological polar surface area (TPSA) is 116 Å². The maximum absolute atomic E-state index is 10.1. The van der Waals surface area contributed by atoms with Gasteiger partial charge < -0.3 is 5.32 Å². The van der Waals surface area contributed by atoms with E-state index in [1.165, 1.54) is 0 Å². The number of benzene rings is 1. The SMILES string of the molecule is N#CC1C(C2CCCCN2)=Nc2[nH]ncc2C1c1cccc2nonc12. The highest BCUT2D eigenvalue weighted by atomic mass is 16.6. The van der Waals surface area contributed by atoms with Gasteiger partial charge in [-0.05, 0) is 41.3 Å². The summed E-state index contributed by atoms with van der Waals surface area (Å²) in [6, 6.07) is 8.36. The third kappa shape index (κ3) is 2.24. The summed E-state index contributed by atoms with van der Waals surface area (Å²) in [6.07, 6.45) is 5.04. The van der Waals surface area contributed by atoms with Crippen molar-refractivity contribution in [2.75, 3.05) is 6.54 Å². The molecular weight excluding hydrogens is 330 g/mol. The number of aromatic amines is 1. The second kappa shape index (κ2) is 6.04. The summed E-state index contributed by atoms with van der Waals surface area (Å²) in [5, 5.41) is 28.7. The summed E-state index contributed by atoms with van der Waals surface area (Å²) in [5.41, 5.74) is 4.07. The Bertz CT molecular complexity index is 1020. The molecular formula is C18H17N7O. The molecule has 0 amide bonds. The number of nitrogens with one attached hydrogen (secondary N) is 2. The maximum atomic E-state index is 10.1. The van der Waals surface area contributed by atoms with Crippen LogP contribution in [0.15, 0.2) is 34.0 Å². The Labute approximate surface area is 149 Å². The zero-order chi connectivity index (χ0) is 17.5. The van der Waals surface area contributed by atoms with E-state index >= 15 is 0 Å². The van der Waals surface area contributed by atoms with Crippen molar-refractivity contribution in [2.24, 2.45) is 10.9 Å². The molecule has 2 aliphatic rings. The molecule has 1 saturated heterocycles. The van der Waals surface area contributed by atoms with Crippen molar-refractivity contribution in [3.63, 3.8) is 0 Å². The van der Waals surface area contributed by atoms with Crippen molar-refractivity contribution >= 4 is 22.6 Å². The van der Waals surface area contributed by atoms with E-state index in [-0.39, 0.29) is 12.0 Å². The molecule has 8 heteroatoms. The smallest absolute Gasteiger partial charge is 0.151 e. The second-order valence-electron chi connectivity index (χ2n) is 6.78. The van der Waals surface area contributed by atoms with Gasteiger partial charge in [-0.1, -0.05) is 18.6 Å². The lowest BCUT2D eigenvalue weighted by molar-refractivity contribution is 0.315. The van der Waals surface area contributed by atoms with E-state index in [0.29, 0.717) is 11.0 Å². The lowest BCUT2D eigenvalue weighted by atomic mass is 9.75. The number of nitrogens with zero attached hydrogens (tertiary/aromatic N) is 5. The van der Waals surface area contributed by atoms with Crippen LogP contribution in [0.3, 0.4) is 0 Å². The Kier molecular flexibility index (Phi) is 3.53. The van der Waals surface area contributed by atoms with Gasteiger partial charge in [0.25, 0.3) is 0 Å².